The molecule has 1 N–H and O–H groups in total. The van der Waals surface area contributed by atoms with Crippen LogP contribution in [0.4, 0.5) is 5.69 Å². The number of piperidine rings is 1. The van der Waals surface area contributed by atoms with Crippen LogP contribution in [0.25, 0.3) is 0 Å². The molecule has 0 amide bonds. The van der Waals surface area contributed by atoms with E-state index in [0.29, 0.717) is 6.04 Å². The van der Waals surface area contributed by atoms with E-state index in [4.69, 9.17) is 11.6 Å². The van der Waals surface area contributed by atoms with E-state index < -0.39 is 0 Å². The number of rotatable bonds is 3. The number of likely N-dealkylation sites (tertiary alicyclic amines) is 1. The van der Waals surface area contributed by atoms with E-state index in [0.717, 1.165) is 16.6 Å². The van der Waals surface area contributed by atoms with Crippen LogP contribution in [0.15, 0.2) is 24.3 Å². The summed E-state index contributed by atoms with van der Waals surface area (Å²) in [7, 11) is 2.20. The normalized spacial score (nSPS) is 20.2. The van der Waals surface area contributed by atoms with Crippen LogP contribution in [-0.4, -0.2) is 31.1 Å². The molecule has 1 saturated heterocycles. The minimum absolute atomic E-state index is 0.516. The van der Waals surface area contributed by atoms with Crippen molar-refractivity contribution in [2.24, 2.45) is 5.92 Å². The third kappa shape index (κ3) is 3.62. The molecule has 0 spiro atoms. The maximum Gasteiger partial charge on any atom is 0.0426 e. The van der Waals surface area contributed by atoms with Gasteiger partial charge in [-0.1, -0.05) is 17.7 Å². The van der Waals surface area contributed by atoms with Crippen molar-refractivity contribution >= 4 is 17.3 Å². The van der Waals surface area contributed by atoms with Crippen LogP contribution >= 0.6 is 11.6 Å². The first-order valence-electron chi connectivity index (χ1n) is 6.36. The second-order valence-corrected chi connectivity index (χ2v) is 5.52. The highest BCUT2D eigenvalue weighted by Gasteiger charge is 2.21. The van der Waals surface area contributed by atoms with Crippen molar-refractivity contribution in [3.8, 4) is 0 Å². The van der Waals surface area contributed by atoms with Gasteiger partial charge in [-0.2, -0.15) is 0 Å². The highest BCUT2D eigenvalue weighted by atomic mass is 35.5. The molecule has 94 valence electrons. The average Bonchev–Trinajstić information content (AvgIpc) is 2.29. The summed E-state index contributed by atoms with van der Waals surface area (Å²) >= 11 is 5.99. The molecule has 0 bridgehead atoms. The smallest absolute Gasteiger partial charge is 0.0426 e. The number of halogens is 1. The summed E-state index contributed by atoms with van der Waals surface area (Å²) in [6.45, 7) is 4.70. The molecule has 0 aromatic heterocycles. The Morgan fingerprint density at radius 3 is 2.71 bits per heavy atom. The lowest BCUT2D eigenvalue weighted by molar-refractivity contribution is 0.208. The van der Waals surface area contributed by atoms with Crippen LogP contribution in [0.1, 0.15) is 19.8 Å². The minimum Gasteiger partial charge on any atom is -0.382 e. The lowest BCUT2D eigenvalue weighted by Gasteiger charge is -2.33. The second-order valence-electron chi connectivity index (χ2n) is 5.08. The summed E-state index contributed by atoms with van der Waals surface area (Å²) in [5, 5.41) is 4.36. The average molecular weight is 253 g/mol. The molecule has 17 heavy (non-hydrogen) atoms. The van der Waals surface area contributed by atoms with Crippen LogP contribution in [-0.2, 0) is 0 Å². The van der Waals surface area contributed by atoms with E-state index in [1.807, 2.05) is 18.2 Å². The number of anilines is 1. The molecule has 1 aliphatic rings. The maximum absolute atomic E-state index is 5.99. The van der Waals surface area contributed by atoms with Crippen molar-refractivity contribution < 1.29 is 0 Å². The predicted molar refractivity (Wildman–Crippen MR) is 74.8 cm³/mol. The van der Waals surface area contributed by atoms with Gasteiger partial charge in [0.2, 0.25) is 0 Å². The van der Waals surface area contributed by atoms with E-state index in [1.54, 1.807) is 0 Å². The molecule has 0 aliphatic carbocycles. The Kier molecular flexibility index (Phi) is 4.30. The lowest BCUT2D eigenvalue weighted by atomic mass is 9.90. The fraction of sp³-hybridized carbons (Fsp3) is 0.571. The zero-order valence-corrected chi connectivity index (χ0v) is 11.4. The fourth-order valence-corrected chi connectivity index (χ4v) is 2.68. The van der Waals surface area contributed by atoms with Crippen molar-refractivity contribution in [2.45, 2.75) is 25.8 Å². The molecule has 1 unspecified atom stereocenters. The number of nitrogens with zero attached hydrogens (tertiary/aromatic N) is 1. The van der Waals surface area contributed by atoms with E-state index in [9.17, 15) is 0 Å². The van der Waals surface area contributed by atoms with Gasteiger partial charge in [0.15, 0.2) is 0 Å². The topological polar surface area (TPSA) is 15.3 Å². The zero-order chi connectivity index (χ0) is 12.3. The van der Waals surface area contributed by atoms with Gasteiger partial charge < -0.3 is 10.2 Å². The molecule has 2 nitrogen and oxygen atoms in total. The third-order valence-electron chi connectivity index (χ3n) is 3.69. The molecule has 2 rings (SSSR count). The standard InChI is InChI=1S/C14H21ClN2/c1-11(12-6-8-17(2)9-7-12)16-14-5-3-4-13(15)10-14/h3-5,10-12,16H,6-9H2,1-2H3. The van der Waals surface area contributed by atoms with Gasteiger partial charge >= 0.3 is 0 Å². The Labute approximate surface area is 109 Å². The largest absolute Gasteiger partial charge is 0.382 e. The number of hydrogen-bond donors (Lipinski definition) is 1. The van der Waals surface area contributed by atoms with Gasteiger partial charge in [0.1, 0.15) is 0 Å². The SMILES string of the molecule is CC(Nc1cccc(Cl)c1)C1CCN(C)CC1. The van der Waals surface area contributed by atoms with Crippen LogP contribution in [0, 0.1) is 5.92 Å². The van der Waals surface area contributed by atoms with Gasteiger partial charge in [-0.05, 0) is 64.0 Å². The Morgan fingerprint density at radius 1 is 1.35 bits per heavy atom. The molecule has 1 fully saturated rings. The monoisotopic (exact) mass is 252 g/mol. The number of nitrogens with one attached hydrogen (secondary N) is 1. The molecular weight excluding hydrogens is 232 g/mol. The Bertz CT molecular complexity index is 359. The minimum atomic E-state index is 0.516. The van der Waals surface area contributed by atoms with Gasteiger partial charge in [-0.25, -0.2) is 0 Å². The fourth-order valence-electron chi connectivity index (χ4n) is 2.49. The van der Waals surface area contributed by atoms with E-state index in [2.05, 4.69) is 30.3 Å². The van der Waals surface area contributed by atoms with Gasteiger partial charge in [0, 0.05) is 16.8 Å². The lowest BCUT2D eigenvalue weighted by Crippen LogP contribution is -2.37. The predicted octanol–water partition coefficient (Wildman–Crippen LogP) is 3.48. The van der Waals surface area contributed by atoms with Gasteiger partial charge in [0.05, 0.1) is 0 Å². The van der Waals surface area contributed by atoms with Gasteiger partial charge in [-0.3, -0.25) is 0 Å². The molecule has 1 aromatic rings. The van der Waals surface area contributed by atoms with Crippen molar-refractivity contribution in [3.63, 3.8) is 0 Å². The van der Waals surface area contributed by atoms with Gasteiger partial charge in [0.25, 0.3) is 0 Å². The van der Waals surface area contributed by atoms with E-state index in [1.165, 1.54) is 25.9 Å². The zero-order valence-electron chi connectivity index (χ0n) is 10.6. The second kappa shape index (κ2) is 5.74. The molecule has 1 heterocycles. The first-order valence-corrected chi connectivity index (χ1v) is 6.73. The highest BCUT2D eigenvalue weighted by Crippen LogP contribution is 2.23. The first-order chi connectivity index (χ1) is 8.15. The van der Waals surface area contributed by atoms with Crippen LogP contribution < -0.4 is 5.32 Å². The van der Waals surface area contributed by atoms with E-state index >= 15 is 0 Å². The summed E-state index contributed by atoms with van der Waals surface area (Å²) < 4.78 is 0. The summed E-state index contributed by atoms with van der Waals surface area (Å²) in [5.74, 6) is 0.769. The van der Waals surface area contributed by atoms with Crippen molar-refractivity contribution in [3.05, 3.63) is 29.3 Å². The molecule has 0 saturated carbocycles. The third-order valence-corrected chi connectivity index (χ3v) is 3.92. The summed E-state index contributed by atoms with van der Waals surface area (Å²) in [6, 6.07) is 8.49. The van der Waals surface area contributed by atoms with Crippen molar-refractivity contribution in [2.75, 3.05) is 25.5 Å². The quantitative estimate of drug-likeness (QED) is 0.886. The van der Waals surface area contributed by atoms with Gasteiger partial charge in [-0.15, -0.1) is 0 Å². The summed E-state index contributed by atoms with van der Waals surface area (Å²) in [6.07, 6.45) is 2.57. The first kappa shape index (κ1) is 12.7. The molecule has 1 aliphatic heterocycles. The molecule has 1 atom stereocenters. The molecular formula is C14H21ClN2. The van der Waals surface area contributed by atoms with Crippen LogP contribution in [0.2, 0.25) is 5.02 Å². The Balaban J connectivity index is 1.90. The summed E-state index contributed by atoms with van der Waals surface area (Å²) in [4.78, 5) is 2.41. The van der Waals surface area contributed by atoms with E-state index in [-0.39, 0.29) is 0 Å². The highest BCUT2D eigenvalue weighted by molar-refractivity contribution is 6.30. The number of hydrogen-bond acceptors (Lipinski definition) is 2. The number of benzene rings is 1. The Morgan fingerprint density at radius 2 is 2.06 bits per heavy atom. The molecule has 3 heteroatoms. The van der Waals surface area contributed by atoms with Crippen LogP contribution in [0.5, 0.6) is 0 Å². The van der Waals surface area contributed by atoms with Crippen LogP contribution in [0.3, 0.4) is 0 Å². The molecule has 1 aromatic carbocycles. The van der Waals surface area contributed by atoms with Crippen molar-refractivity contribution in [1.29, 1.82) is 0 Å². The maximum atomic E-state index is 5.99. The van der Waals surface area contributed by atoms with Crippen molar-refractivity contribution in [1.82, 2.24) is 4.90 Å². The molecule has 0 radical (unpaired) electrons. The summed E-state index contributed by atoms with van der Waals surface area (Å²) in [5.41, 5.74) is 1.13. The Hall–Kier alpha value is -0.730.